The number of amides is 1. The minimum absolute atomic E-state index is 0.221. The van der Waals surface area contributed by atoms with Gasteiger partial charge in [0.15, 0.2) is 17.1 Å². The van der Waals surface area contributed by atoms with Crippen LogP contribution in [0.15, 0.2) is 40.8 Å². The number of ether oxygens (including phenoxy) is 2. The number of anilines is 1. The predicted molar refractivity (Wildman–Crippen MR) is 101 cm³/mol. The summed E-state index contributed by atoms with van der Waals surface area (Å²) < 4.78 is 13.6. The molecule has 138 valence electrons. The minimum atomic E-state index is -0.421. The molecule has 4 rings (SSSR count). The van der Waals surface area contributed by atoms with Crippen LogP contribution in [0.5, 0.6) is 11.5 Å². The summed E-state index contributed by atoms with van der Waals surface area (Å²) in [5.74, 6) is 0.661. The molecular formula is C17H15N5O4S. The smallest absolute Gasteiger partial charge is 0.352 e. The molecule has 0 saturated carbocycles. The van der Waals surface area contributed by atoms with Gasteiger partial charge in [-0.15, -0.1) is 16.4 Å². The van der Waals surface area contributed by atoms with Crippen molar-refractivity contribution in [2.24, 2.45) is 0 Å². The van der Waals surface area contributed by atoms with E-state index in [4.69, 9.17) is 9.47 Å². The van der Waals surface area contributed by atoms with E-state index in [1.165, 1.54) is 36.3 Å². The molecule has 0 atom stereocenters. The average Bonchev–Trinajstić information content (AvgIpc) is 3.26. The summed E-state index contributed by atoms with van der Waals surface area (Å²) in [6.45, 7) is -0.221. The molecule has 0 spiro atoms. The number of benzene rings is 1. The fourth-order valence-corrected chi connectivity index (χ4v) is 3.54. The number of fused-ring (bicyclic) bond motifs is 3. The molecule has 1 amide bonds. The van der Waals surface area contributed by atoms with Gasteiger partial charge in [0.05, 0.1) is 24.4 Å². The van der Waals surface area contributed by atoms with E-state index in [1.807, 2.05) is 11.4 Å². The molecule has 1 N–H and O–H groups in total. The summed E-state index contributed by atoms with van der Waals surface area (Å²) in [7, 11) is 3.05. The molecule has 9 nitrogen and oxygen atoms in total. The third-order valence-electron chi connectivity index (χ3n) is 3.99. The number of aromatic nitrogens is 4. The number of carbonyl (C=O) groups is 1. The lowest BCUT2D eigenvalue weighted by atomic mass is 10.2. The second-order valence-electron chi connectivity index (χ2n) is 5.63. The van der Waals surface area contributed by atoms with Crippen molar-refractivity contribution in [2.45, 2.75) is 6.54 Å². The second-order valence-corrected chi connectivity index (χ2v) is 6.55. The first-order valence-corrected chi connectivity index (χ1v) is 8.82. The molecular weight excluding hydrogens is 370 g/mol. The number of rotatable bonds is 5. The van der Waals surface area contributed by atoms with Crippen LogP contribution in [0.2, 0.25) is 0 Å². The Balaban J connectivity index is 1.60. The maximum atomic E-state index is 12.5. The number of hydrogen-bond acceptors (Lipinski definition) is 7. The Bertz CT molecular complexity index is 1210. The molecule has 10 heteroatoms. The van der Waals surface area contributed by atoms with Crippen LogP contribution >= 0.6 is 11.3 Å². The van der Waals surface area contributed by atoms with Crippen molar-refractivity contribution in [1.82, 2.24) is 19.2 Å². The van der Waals surface area contributed by atoms with Gasteiger partial charge in [-0.05, 0) is 23.6 Å². The maximum absolute atomic E-state index is 12.5. The summed E-state index contributed by atoms with van der Waals surface area (Å²) in [5.41, 5.74) is 1.35. The van der Waals surface area contributed by atoms with E-state index in [2.05, 4.69) is 15.4 Å². The zero-order valence-electron chi connectivity index (χ0n) is 14.5. The molecule has 0 aliphatic carbocycles. The highest BCUT2D eigenvalue weighted by atomic mass is 32.1. The van der Waals surface area contributed by atoms with E-state index >= 15 is 0 Å². The van der Waals surface area contributed by atoms with Crippen LogP contribution in [0.3, 0.4) is 0 Å². The highest BCUT2D eigenvalue weighted by Crippen LogP contribution is 2.29. The summed E-state index contributed by atoms with van der Waals surface area (Å²) in [5, 5.41) is 8.89. The molecule has 3 heterocycles. The van der Waals surface area contributed by atoms with Crippen molar-refractivity contribution < 1.29 is 14.3 Å². The summed E-state index contributed by atoms with van der Waals surface area (Å²) in [6.07, 6.45) is 1.42. The molecule has 0 saturated heterocycles. The van der Waals surface area contributed by atoms with Crippen LogP contribution in [0, 0.1) is 0 Å². The van der Waals surface area contributed by atoms with Crippen LogP contribution in [-0.4, -0.2) is 39.3 Å². The van der Waals surface area contributed by atoms with Gasteiger partial charge in [0.1, 0.15) is 12.9 Å². The zero-order valence-corrected chi connectivity index (χ0v) is 15.3. The lowest BCUT2D eigenvalue weighted by Crippen LogP contribution is -2.28. The Morgan fingerprint density at radius 3 is 2.81 bits per heavy atom. The van der Waals surface area contributed by atoms with Crippen LogP contribution in [-0.2, 0) is 11.3 Å². The lowest BCUT2D eigenvalue weighted by Gasteiger charge is -2.10. The fourth-order valence-electron chi connectivity index (χ4n) is 2.72. The van der Waals surface area contributed by atoms with Crippen molar-refractivity contribution in [3.63, 3.8) is 0 Å². The molecule has 0 aliphatic heterocycles. The zero-order chi connectivity index (χ0) is 19.0. The van der Waals surface area contributed by atoms with E-state index in [9.17, 15) is 9.59 Å². The van der Waals surface area contributed by atoms with Crippen LogP contribution in [0.25, 0.3) is 15.9 Å². The average molecular weight is 385 g/mol. The highest BCUT2D eigenvalue weighted by molar-refractivity contribution is 7.17. The van der Waals surface area contributed by atoms with Crippen molar-refractivity contribution in [3.05, 3.63) is 46.5 Å². The summed E-state index contributed by atoms with van der Waals surface area (Å²) in [6, 6.07) is 6.87. The molecule has 0 radical (unpaired) electrons. The Kier molecular flexibility index (Phi) is 4.24. The Labute approximate surface area is 156 Å². The number of nitrogens with one attached hydrogen (secondary N) is 1. The van der Waals surface area contributed by atoms with E-state index < -0.39 is 5.69 Å². The quantitative estimate of drug-likeness (QED) is 0.562. The van der Waals surface area contributed by atoms with Crippen molar-refractivity contribution >= 4 is 38.8 Å². The molecule has 3 aromatic heterocycles. The van der Waals surface area contributed by atoms with Gasteiger partial charge in [-0.3, -0.25) is 4.79 Å². The lowest BCUT2D eigenvalue weighted by molar-refractivity contribution is -0.117. The highest BCUT2D eigenvalue weighted by Gasteiger charge is 2.15. The Morgan fingerprint density at radius 1 is 1.22 bits per heavy atom. The van der Waals surface area contributed by atoms with Gasteiger partial charge in [0, 0.05) is 11.8 Å². The number of carbonyl (C=O) groups excluding carboxylic acids is 1. The SMILES string of the molecule is COc1ccc(NC(=O)Cn2nc3c4sccc4ncn3c2=O)cc1OC. The monoisotopic (exact) mass is 385 g/mol. The first kappa shape index (κ1) is 17.0. The van der Waals surface area contributed by atoms with E-state index in [0.717, 1.165) is 14.9 Å². The van der Waals surface area contributed by atoms with Crippen molar-refractivity contribution in [2.75, 3.05) is 19.5 Å². The molecule has 0 aliphatic rings. The molecule has 4 aromatic rings. The Hall–Kier alpha value is -3.40. The first-order valence-electron chi connectivity index (χ1n) is 7.94. The second kappa shape index (κ2) is 6.72. The van der Waals surface area contributed by atoms with Gasteiger partial charge in [-0.25, -0.2) is 18.9 Å². The third kappa shape index (κ3) is 2.99. The summed E-state index contributed by atoms with van der Waals surface area (Å²) >= 11 is 1.44. The minimum Gasteiger partial charge on any atom is -0.493 e. The van der Waals surface area contributed by atoms with Gasteiger partial charge >= 0.3 is 5.69 Å². The van der Waals surface area contributed by atoms with Gasteiger partial charge in [-0.1, -0.05) is 0 Å². The van der Waals surface area contributed by atoms with E-state index in [1.54, 1.807) is 18.2 Å². The van der Waals surface area contributed by atoms with E-state index in [-0.39, 0.29) is 12.5 Å². The molecule has 0 fully saturated rings. The standard InChI is InChI=1S/C17H15N5O4S/c1-25-12-4-3-10(7-13(12)26-2)19-14(23)8-22-17(24)21-9-18-11-5-6-27-15(11)16(21)20-22/h3-7,9H,8H2,1-2H3,(H,19,23). The Morgan fingerprint density at radius 2 is 2.04 bits per heavy atom. The fraction of sp³-hybridized carbons (Fsp3) is 0.176. The number of thiophene rings is 1. The predicted octanol–water partition coefficient (Wildman–Crippen LogP) is 1.76. The topological polar surface area (TPSA) is 99.7 Å². The number of hydrogen-bond donors (Lipinski definition) is 1. The van der Waals surface area contributed by atoms with Gasteiger partial charge in [0.2, 0.25) is 5.91 Å². The molecule has 27 heavy (non-hydrogen) atoms. The molecule has 0 bridgehead atoms. The normalized spacial score (nSPS) is 11.0. The summed E-state index contributed by atoms with van der Waals surface area (Å²) in [4.78, 5) is 29.1. The van der Waals surface area contributed by atoms with Gasteiger partial charge in [0.25, 0.3) is 0 Å². The third-order valence-corrected chi connectivity index (χ3v) is 4.89. The van der Waals surface area contributed by atoms with Gasteiger partial charge < -0.3 is 14.8 Å². The largest absolute Gasteiger partial charge is 0.493 e. The maximum Gasteiger partial charge on any atom is 0.352 e. The number of nitrogens with zero attached hydrogens (tertiary/aromatic N) is 4. The first-order chi connectivity index (χ1) is 13.1. The molecule has 0 unspecified atom stereocenters. The van der Waals surface area contributed by atoms with Crippen LogP contribution in [0.1, 0.15) is 0 Å². The van der Waals surface area contributed by atoms with Gasteiger partial charge in [-0.2, -0.15) is 0 Å². The van der Waals surface area contributed by atoms with Crippen LogP contribution < -0.4 is 20.5 Å². The number of methoxy groups -OCH3 is 2. The van der Waals surface area contributed by atoms with Crippen molar-refractivity contribution in [3.8, 4) is 11.5 Å². The van der Waals surface area contributed by atoms with Crippen molar-refractivity contribution in [1.29, 1.82) is 0 Å². The van der Waals surface area contributed by atoms with E-state index in [0.29, 0.717) is 22.8 Å². The molecule has 1 aromatic carbocycles. The van der Waals surface area contributed by atoms with Crippen LogP contribution in [0.4, 0.5) is 5.69 Å².